The van der Waals surface area contributed by atoms with E-state index in [1.807, 2.05) is 0 Å². The molecule has 1 aliphatic heterocycles. The van der Waals surface area contributed by atoms with Crippen molar-refractivity contribution in [3.63, 3.8) is 0 Å². The lowest BCUT2D eigenvalue weighted by atomic mass is 9.96. The highest BCUT2D eigenvalue weighted by molar-refractivity contribution is 5.95. The minimum Gasteiger partial charge on any atom is -0.352 e. The summed E-state index contributed by atoms with van der Waals surface area (Å²) in [4.78, 5) is 49.4. The van der Waals surface area contributed by atoms with E-state index in [0.717, 1.165) is 0 Å². The number of pyridine rings is 1. The molecule has 0 saturated carbocycles. The molecule has 3 rings (SSSR count). The normalized spacial score (nSPS) is 14.4. The zero-order valence-corrected chi connectivity index (χ0v) is 17.0. The first kappa shape index (κ1) is 21.2. The Hall–Kier alpha value is -3.49. The van der Waals surface area contributed by atoms with Gasteiger partial charge in [-0.2, -0.15) is 0 Å². The molecule has 0 unspecified atom stereocenters. The number of nitro groups is 1. The van der Waals surface area contributed by atoms with Gasteiger partial charge in [-0.25, -0.2) is 0 Å². The van der Waals surface area contributed by atoms with Gasteiger partial charge in [0.05, 0.1) is 4.92 Å². The van der Waals surface area contributed by atoms with E-state index in [1.165, 1.54) is 16.7 Å². The van der Waals surface area contributed by atoms with Crippen molar-refractivity contribution >= 4 is 17.5 Å². The Morgan fingerprint density at radius 3 is 2.60 bits per heavy atom. The Bertz CT molecular complexity index is 1040. The number of benzene rings is 1. The van der Waals surface area contributed by atoms with E-state index in [2.05, 4.69) is 5.32 Å². The molecule has 2 heterocycles. The quantitative estimate of drug-likeness (QED) is 0.595. The SMILES string of the molecule is Cc1ccc(C(=O)NCC2CCN(C(=O)c3cccn(C)c3=O)CC2)cc1[N+](=O)[O-]. The molecule has 1 aromatic carbocycles. The van der Waals surface area contributed by atoms with Crippen LogP contribution in [0.25, 0.3) is 0 Å². The maximum atomic E-state index is 12.6. The number of amides is 2. The van der Waals surface area contributed by atoms with Gasteiger partial charge in [0.15, 0.2) is 0 Å². The van der Waals surface area contributed by atoms with Gasteiger partial charge in [-0.15, -0.1) is 0 Å². The molecule has 0 aliphatic carbocycles. The van der Waals surface area contributed by atoms with Gasteiger partial charge >= 0.3 is 0 Å². The first-order chi connectivity index (χ1) is 14.3. The number of hydrogen-bond acceptors (Lipinski definition) is 5. The van der Waals surface area contributed by atoms with Crippen molar-refractivity contribution in [1.29, 1.82) is 0 Å². The lowest BCUT2D eigenvalue weighted by Crippen LogP contribution is -2.43. The number of carbonyl (C=O) groups excluding carboxylic acids is 2. The molecule has 1 aliphatic rings. The maximum Gasteiger partial charge on any atom is 0.273 e. The van der Waals surface area contributed by atoms with Gasteiger partial charge in [0, 0.05) is 50.1 Å². The minimum atomic E-state index is -0.501. The third-order valence-corrected chi connectivity index (χ3v) is 5.47. The van der Waals surface area contributed by atoms with Crippen molar-refractivity contribution in [3.05, 3.63) is 73.7 Å². The van der Waals surface area contributed by atoms with Crippen LogP contribution in [0.1, 0.15) is 39.1 Å². The highest BCUT2D eigenvalue weighted by atomic mass is 16.6. The lowest BCUT2D eigenvalue weighted by Gasteiger charge is -2.32. The van der Waals surface area contributed by atoms with Crippen LogP contribution in [-0.2, 0) is 7.05 Å². The molecular weight excluding hydrogens is 388 g/mol. The van der Waals surface area contributed by atoms with Crippen LogP contribution in [0.4, 0.5) is 5.69 Å². The minimum absolute atomic E-state index is 0.0819. The molecule has 1 N–H and O–H groups in total. The maximum absolute atomic E-state index is 12.6. The van der Waals surface area contributed by atoms with Crippen molar-refractivity contribution in [1.82, 2.24) is 14.8 Å². The summed E-state index contributed by atoms with van der Waals surface area (Å²) in [6.45, 7) is 3.07. The summed E-state index contributed by atoms with van der Waals surface area (Å²) in [5.41, 5.74) is 0.514. The Morgan fingerprint density at radius 1 is 1.23 bits per heavy atom. The second-order valence-corrected chi connectivity index (χ2v) is 7.54. The van der Waals surface area contributed by atoms with E-state index in [-0.39, 0.29) is 40.1 Å². The number of nitro benzene ring substituents is 1. The molecule has 158 valence electrons. The number of hydrogen-bond donors (Lipinski definition) is 1. The highest BCUT2D eigenvalue weighted by Crippen LogP contribution is 2.20. The van der Waals surface area contributed by atoms with E-state index in [4.69, 9.17) is 0 Å². The van der Waals surface area contributed by atoms with E-state index < -0.39 is 4.92 Å². The molecule has 1 aromatic heterocycles. The summed E-state index contributed by atoms with van der Waals surface area (Å²) >= 11 is 0. The zero-order chi connectivity index (χ0) is 21.8. The molecule has 1 saturated heterocycles. The molecule has 0 spiro atoms. The standard InChI is InChI=1S/C21H24N4O5/c1-14-5-6-16(12-18(14)25(29)30)19(26)22-13-15-7-10-24(11-8-15)21(28)17-4-3-9-23(2)20(17)27/h3-6,9,12,15H,7-8,10-11,13H2,1-2H3,(H,22,26). The van der Waals surface area contributed by atoms with Crippen molar-refractivity contribution in [3.8, 4) is 0 Å². The van der Waals surface area contributed by atoms with Gasteiger partial charge in [-0.05, 0) is 43.9 Å². The van der Waals surface area contributed by atoms with Crippen LogP contribution < -0.4 is 10.9 Å². The van der Waals surface area contributed by atoms with Gasteiger partial charge in [0.25, 0.3) is 23.1 Å². The smallest absolute Gasteiger partial charge is 0.273 e. The highest BCUT2D eigenvalue weighted by Gasteiger charge is 2.25. The largest absolute Gasteiger partial charge is 0.352 e. The monoisotopic (exact) mass is 412 g/mol. The Morgan fingerprint density at radius 2 is 1.93 bits per heavy atom. The van der Waals surface area contributed by atoms with Crippen LogP contribution in [0.3, 0.4) is 0 Å². The molecular formula is C21H24N4O5. The Labute approximate surface area is 173 Å². The van der Waals surface area contributed by atoms with Crippen LogP contribution in [0.15, 0.2) is 41.3 Å². The van der Waals surface area contributed by atoms with Crippen LogP contribution >= 0.6 is 0 Å². The lowest BCUT2D eigenvalue weighted by molar-refractivity contribution is -0.385. The molecule has 1 fully saturated rings. The molecule has 2 aromatic rings. The number of carbonyl (C=O) groups is 2. The topological polar surface area (TPSA) is 115 Å². The molecule has 9 nitrogen and oxygen atoms in total. The molecule has 0 radical (unpaired) electrons. The second-order valence-electron chi connectivity index (χ2n) is 7.54. The number of aromatic nitrogens is 1. The van der Waals surface area contributed by atoms with Gasteiger partial charge in [0.1, 0.15) is 5.56 Å². The zero-order valence-electron chi connectivity index (χ0n) is 17.0. The van der Waals surface area contributed by atoms with Crippen molar-refractivity contribution in [2.75, 3.05) is 19.6 Å². The Kier molecular flexibility index (Phi) is 6.29. The second kappa shape index (κ2) is 8.89. The third-order valence-electron chi connectivity index (χ3n) is 5.47. The van der Waals surface area contributed by atoms with Crippen molar-refractivity contribution < 1.29 is 14.5 Å². The summed E-state index contributed by atoms with van der Waals surface area (Å²) in [7, 11) is 1.61. The fourth-order valence-electron chi connectivity index (χ4n) is 3.56. The average molecular weight is 412 g/mol. The first-order valence-corrected chi connectivity index (χ1v) is 9.76. The predicted molar refractivity (Wildman–Crippen MR) is 110 cm³/mol. The number of nitrogens with one attached hydrogen (secondary N) is 1. The van der Waals surface area contributed by atoms with Gasteiger partial charge in [0.2, 0.25) is 0 Å². The third kappa shape index (κ3) is 4.56. The fraction of sp³-hybridized carbons (Fsp3) is 0.381. The van der Waals surface area contributed by atoms with E-state index in [9.17, 15) is 24.5 Å². The number of aryl methyl sites for hydroxylation is 2. The van der Waals surface area contributed by atoms with E-state index >= 15 is 0 Å². The van der Waals surface area contributed by atoms with Crippen LogP contribution in [0.5, 0.6) is 0 Å². The molecule has 30 heavy (non-hydrogen) atoms. The van der Waals surface area contributed by atoms with Crippen LogP contribution in [-0.4, -0.2) is 45.8 Å². The number of nitrogens with zero attached hydrogens (tertiary/aromatic N) is 3. The summed E-state index contributed by atoms with van der Waals surface area (Å²) in [5, 5.41) is 13.9. The predicted octanol–water partition coefficient (Wildman–Crippen LogP) is 1.88. The summed E-state index contributed by atoms with van der Waals surface area (Å²) < 4.78 is 1.38. The van der Waals surface area contributed by atoms with Gasteiger partial charge in [-0.1, -0.05) is 6.07 Å². The van der Waals surface area contributed by atoms with Gasteiger partial charge < -0.3 is 14.8 Å². The van der Waals surface area contributed by atoms with Crippen molar-refractivity contribution in [2.45, 2.75) is 19.8 Å². The first-order valence-electron chi connectivity index (χ1n) is 9.76. The number of piperidine rings is 1. The number of rotatable bonds is 5. The molecule has 9 heteroatoms. The van der Waals surface area contributed by atoms with E-state index in [0.29, 0.717) is 38.0 Å². The van der Waals surface area contributed by atoms with Crippen LogP contribution in [0, 0.1) is 23.0 Å². The summed E-state index contributed by atoms with van der Waals surface area (Å²) in [5.74, 6) is -0.438. The van der Waals surface area contributed by atoms with E-state index in [1.54, 1.807) is 43.3 Å². The average Bonchev–Trinajstić information content (AvgIpc) is 2.74. The fourth-order valence-corrected chi connectivity index (χ4v) is 3.56. The summed E-state index contributed by atoms with van der Waals surface area (Å²) in [6, 6.07) is 7.63. The summed E-state index contributed by atoms with van der Waals surface area (Å²) in [6.07, 6.45) is 3.01. The number of likely N-dealkylation sites (tertiary alicyclic amines) is 1. The Balaban J connectivity index is 1.54. The van der Waals surface area contributed by atoms with Crippen molar-refractivity contribution in [2.24, 2.45) is 13.0 Å². The molecule has 0 bridgehead atoms. The molecule has 2 amide bonds. The molecule has 0 atom stereocenters. The van der Waals surface area contributed by atoms with Gasteiger partial charge in [-0.3, -0.25) is 24.5 Å². The van der Waals surface area contributed by atoms with Crippen LogP contribution in [0.2, 0.25) is 0 Å².